The van der Waals surface area contributed by atoms with Crippen molar-refractivity contribution >= 4 is 106 Å². The van der Waals surface area contributed by atoms with Gasteiger partial charge in [-0.15, -0.1) is 5.34 Å². The molecule has 0 atom stereocenters. The SMILES string of the molecule is C.CC(C)CN(c1ccccc1)c1ccc(-c2c3n[nH]nc3c(-c3ccc(N(CC(C)C)c4ccccc4)cc3)c3[n-][n+](CC(C)C)nc23)cc1.CC(C)CN(c1ccccc1)c1ccc(-c2c3nn(CC(C)C)nc3c(-c3ccc(N(CC(C)C)c4ccccc4)cc3)c3[n-][n+](CC(C)C)nc23)cc1.Cc1ccc(S(=O)(=O)OCC(C)C)cc1.O=CO[O-].O=N[O-].[H-].[K+].[K+].[Na+]. The van der Waals surface area contributed by atoms with Gasteiger partial charge in [-0.05, 0) is 174 Å². The van der Waals surface area contributed by atoms with Crippen molar-refractivity contribution in [1.82, 2.24) is 50.8 Å². The minimum atomic E-state index is -3.57. The minimum absolute atomic E-state index is 0. The quantitative estimate of drug-likeness (QED) is 0.00803. The molecule has 0 saturated carbocycles. The second-order valence-electron chi connectivity index (χ2n) is 34.8. The Morgan fingerprint density at radius 2 is 0.700 bits per heavy atom. The molecular weight excluding hydrogens is 1710 g/mol. The van der Waals surface area contributed by atoms with Gasteiger partial charge in [-0.2, -0.15) is 68.8 Å². The number of nitrogens with one attached hydrogen (secondary N) is 1. The van der Waals surface area contributed by atoms with Crippen molar-refractivity contribution in [2.75, 3.05) is 52.4 Å². The number of rotatable bonds is 31. The second kappa shape index (κ2) is 52.0. The Morgan fingerprint density at radius 1 is 0.423 bits per heavy atom. The van der Waals surface area contributed by atoms with Gasteiger partial charge in [-0.3, -0.25) is 8.98 Å². The average molecular weight is 1840 g/mol. The molecule has 15 aromatic rings. The molecule has 4 aromatic heterocycles. The largest absolute Gasteiger partial charge is 1.00 e. The van der Waals surface area contributed by atoms with Crippen molar-refractivity contribution in [2.24, 2.45) is 52.7 Å². The molecule has 130 heavy (non-hydrogen) atoms. The van der Waals surface area contributed by atoms with Crippen LogP contribution >= 0.6 is 0 Å². The van der Waals surface area contributed by atoms with Gasteiger partial charge in [-0.1, -0.05) is 257 Å². The smallest absolute Gasteiger partial charge is 1.00 e. The van der Waals surface area contributed by atoms with Crippen LogP contribution in [0.15, 0.2) is 253 Å². The summed E-state index contributed by atoms with van der Waals surface area (Å²) < 4.78 is 28.1. The van der Waals surface area contributed by atoms with Crippen LogP contribution in [0.2, 0.25) is 0 Å². The Bertz CT molecular complexity index is 5710. The van der Waals surface area contributed by atoms with Crippen LogP contribution in [0.25, 0.3) is 88.6 Å². The predicted molar refractivity (Wildman–Crippen MR) is 512 cm³/mol. The Balaban J connectivity index is 0.000000318. The van der Waals surface area contributed by atoms with Gasteiger partial charge in [0.25, 0.3) is 16.6 Å². The van der Waals surface area contributed by atoms with Gasteiger partial charge >= 0.3 is 132 Å². The Hall–Kier alpha value is -8.77. The van der Waals surface area contributed by atoms with Crippen LogP contribution in [-0.4, -0.2) is 88.3 Å². The van der Waals surface area contributed by atoms with Crippen LogP contribution in [0, 0.1) is 64.4 Å². The molecule has 0 aliphatic heterocycles. The minimum Gasteiger partial charge on any atom is -1.00 e. The number of aromatic nitrogens is 12. The molecule has 15 rings (SSSR count). The predicted octanol–water partition coefficient (Wildman–Crippen LogP) is 12.6. The first-order valence-corrected chi connectivity index (χ1v) is 44.6. The van der Waals surface area contributed by atoms with Crippen LogP contribution in [0.5, 0.6) is 0 Å². The molecule has 0 bridgehead atoms. The van der Waals surface area contributed by atoms with E-state index < -0.39 is 10.1 Å². The maximum absolute atomic E-state index is 11.6. The van der Waals surface area contributed by atoms with Crippen molar-refractivity contribution < 1.29 is 171 Å². The number of hydrogen-bond donors (Lipinski definition) is 1. The first-order valence-electron chi connectivity index (χ1n) is 43.2. The van der Waals surface area contributed by atoms with Crippen molar-refractivity contribution in [1.29, 1.82) is 0 Å². The molecule has 0 aliphatic rings. The van der Waals surface area contributed by atoms with Crippen molar-refractivity contribution in [3.63, 3.8) is 0 Å². The van der Waals surface area contributed by atoms with Crippen molar-refractivity contribution in [3.05, 3.63) is 258 Å². The first kappa shape index (κ1) is 108. The third-order valence-electron chi connectivity index (χ3n) is 20.2. The van der Waals surface area contributed by atoms with E-state index in [1.807, 2.05) is 35.2 Å². The molecule has 0 amide bonds. The molecule has 0 radical (unpaired) electrons. The Labute approximate surface area is 875 Å². The van der Waals surface area contributed by atoms with Gasteiger partial charge in [0.2, 0.25) is 0 Å². The van der Waals surface area contributed by atoms with Gasteiger partial charge in [0, 0.05) is 128 Å². The number of anilines is 8. The standard InChI is InChI=1S/C46H54N8.C42H46N8.C11H16O3S.CH2O3.CH4.2K.HNO2.Na.H/c1-31(2)27-51(37-15-11-9-12-16-37)39-23-19-35(20-24-39)41-43-45(49-53(47-43)29-33(5)6)42(46-44(41)48-54(50-46)30-34(7)8)36-21-25-40(26-22-36)52(28-32(3)4)38-17-13-10-14-18-38;1-28(2)25-48(33-13-9-7-10-14-33)35-21-17-31(18-22-35)37-39-40(44-47-43-39)38(42-41(37)45-50(46-42)27-30(5)6)32-19-23-36(24-20-32)49(26-29(3)4)34-15-11-8-12-16-34;1-9(2)8-14-15(12,13)11-6-4-10(3)5-7-11;2-1-4-3;;;;2-1-3;;/h9-26,31-34H,27-30H2,1-8H3;7-24,28-30H,25-27H2,1-6H3,(H,43,44,47);4-7,9H,8H2,1-3H3;1,3H;1H4;;;(H,2,3);;/q;;;;;2*+1;;+1;-1/p-2. The number of carbonyl (C=O) groups is 1. The van der Waals surface area contributed by atoms with Gasteiger partial charge in [0.05, 0.1) is 18.0 Å². The fraction of sp³-hybridized carbons (Fsp3) is 0.337. The molecule has 0 aliphatic carbocycles. The van der Waals surface area contributed by atoms with Crippen molar-refractivity contribution in [3.8, 4) is 44.5 Å². The summed E-state index contributed by atoms with van der Waals surface area (Å²) in [6, 6.07) is 84.3. The average Bonchev–Trinajstić information content (AvgIpc) is 1.56. The summed E-state index contributed by atoms with van der Waals surface area (Å²) in [6.45, 7) is 42.8. The summed E-state index contributed by atoms with van der Waals surface area (Å²) >= 11 is 0. The first-order chi connectivity index (χ1) is 60.6. The van der Waals surface area contributed by atoms with E-state index >= 15 is 0 Å². The van der Waals surface area contributed by atoms with Crippen molar-refractivity contribution in [2.45, 2.75) is 150 Å². The molecule has 668 valence electrons. The molecular formula is C101H122K2N17NaO8S. The topological polar surface area (TPSA) is 292 Å². The molecule has 4 heterocycles. The number of para-hydroxylation sites is 4. The third kappa shape index (κ3) is 28.9. The zero-order chi connectivity index (χ0) is 90.3. The zero-order valence-electron chi connectivity index (χ0n) is 79.3. The Morgan fingerprint density at radius 3 is 0.985 bits per heavy atom. The van der Waals surface area contributed by atoms with Crippen LogP contribution in [0.3, 0.4) is 0 Å². The van der Waals surface area contributed by atoms with E-state index in [2.05, 4.69) is 345 Å². The fourth-order valence-electron chi connectivity index (χ4n) is 15.0. The number of aromatic amines is 1. The van der Waals surface area contributed by atoms with E-state index in [1.54, 1.807) is 24.3 Å². The second-order valence-corrected chi connectivity index (χ2v) is 36.4. The van der Waals surface area contributed by atoms with Gasteiger partial charge < -0.3 is 41.3 Å². The fourth-order valence-corrected chi connectivity index (χ4v) is 16.0. The number of hydrogen-bond acceptors (Lipinski definition) is 19. The molecule has 1 N–H and O–H groups in total. The summed E-state index contributed by atoms with van der Waals surface area (Å²) in [4.78, 5) is 34.6. The molecule has 0 saturated heterocycles. The number of aryl methyl sites for hydroxylation is 1. The number of nitrogens with zero attached hydrogens (tertiary/aromatic N) is 16. The third-order valence-corrected chi connectivity index (χ3v) is 21.5. The monoisotopic (exact) mass is 1830 g/mol. The molecule has 0 unspecified atom stereocenters. The van der Waals surface area contributed by atoms with Gasteiger partial charge in [0.1, 0.15) is 22.1 Å². The molecule has 29 heteroatoms. The summed E-state index contributed by atoms with van der Waals surface area (Å²) in [6.07, 6.45) is 0. The van der Waals surface area contributed by atoms with E-state index in [0.717, 1.165) is 148 Å². The van der Waals surface area contributed by atoms with Crippen LogP contribution in [-0.2, 0) is 43.6 Å². The van der Waals surface area contributed by atoms with Crippen LogP contribution in [0.1, 0.15) is 125 Å². The van der Waals surface area contributed by atoms with E-state index in [0.29, 0.717) is 61.1 Å². The Kier molecular flexibility index (Phi) is 43.3. The normalized spacial score (nSPS) is 11.1. The van der Waals surface area contributed by atoms with Crippen LogP contribution in [0.4, 0.5) is 45.5 Å². The molecule has 11 aromatic carbocycles. The summed E-state index contributed by atoms with van der Waals surface area (Å²) in [7, 11) is -3.57. The van der Waals surface area contributed by atoms with Gasteiger partial charge in [0.15, 0.2) is 13.1 Å². The van der Waals surface area contributed by atoms with Crippen LogP contribution < -0.4 is 177 Å². The van der Waals surface area contributed by atoms with E-state index in [4.69, 9.17) is 65.1 Å². The number of fused-ring (bicyclic) bond motifs is 4. The summed E-state index contributed by atoms with van der Waals surface area (Å²) in [5.41, 5.74) is 24.9. The van der Waals surface area contributed by atoms with Gasteiger partial charge in [-0.25, -0.2) is 0 Å². The summed E-state index contributed by atoms with van der Waals surface area (Å²) in [5, 5.41) is 60.9. The van der Waals surface area contributed by atoms with E-state index in [-0.39, 0.29) is 165 Å². The molecule has 0 fully saturated rings. The number of benzene rings is 11. The van der Waals surface area contributed by atoms with E-state index in [1.165, 1.54) is 22.7 Å². The number of carbonyl (C=O) groups excluding carboxylic acids is 1. The number of H-pyrrole nitrogens is 1. The zero-order valence-corrected chi connectivity index (χ0v) is 87.3. The maximum atomic E-state index is 11.6. The summed E-state index contributed by atoms with van der Waals surface area (Å²) in [5.74, 6) is 3.34. The maximum Gasteiger partial charge on any atom is 1.00 e. The van der Waals surface area contributed by atoms with E-state index in [9.17, 15) is 8.42 Å². The molecule has 0 spiro atoms. The molecule has 25 nitrogen and oxygen atoms in total.